The number of carbonyl (C=O) groups is 2. The van der Waals surface area contributed by atoms with E-state index in [9.17, 15) is 14.8 Å². The quantitative estimate of drug-likeness (QED) is 0.182. The Morgan fingerprint density at radius 3 is 1.26 bits per heavy atom. The van der Waals surface area contributed by atoms with Crippen LogP contribution in [-0.2, 0) is 9.47 Å². The third-order valence-corrected chi connectivity index (χ3v) is 6.27. The van der Waals surface area contributed by atoms with Crippen LogP contribution in [0.25, 0.3) is 0 Å². The topological polar surface area (TPSA) is 153 Å². The van der Waals surface area contributed by atoms with Crippen molar-refractivity contribution in [3.05, 3.63) is 0 Å². The molecule has 2 rings (SSSR count). The second-order valence-electron chi connectivity index (χ2n) is 15.3. The molecule has 0 aromatic carbocycles. The molecule has 2 amide bonds. The second-order valence-corrected chi connectivity index (χ2v) is 15.3. The van der Waals surface area contributed by atoms with Gasteiger partial charge in [-0.2, -0.15) is 5.06 Å². The molecule has 0 aliphatic carbocycles. The van der Waals surface area contributed by atoms with E-state index in [0.717, 1.165) is 12.8 Å². The van der Waals surface area contributed by atoms with Gasteiger partial charge in [-0.3, -0.25) is 10.5 Å². The van der Waals surface area contributed by atoms with Gasteiger partial charge >= 0.3 is 12.2 Å². The number of rotatable bonds is 2. The van der Waals surface area contributed by atoms with Crippen molar-refractivity contribution in [2.45, 2.75) is 168 Å². The average Bonchev–Trinajstić information content (AvgIpc) is 2.61. The number of hydrogen-bond donors (Lipinski definition) is 6. The van der Waals surface area contributed by atoms with Crippen LogP contribution in [0.2, 0.25) is 0 Å². The lowest BCUT2D eigenvalue weighted by Crippen LogP contribution is -2.63. The minimum absolute atomic E-state index is 0.00301. The molecular formula is C28H58N4O7. The van der Waals surface area contributed by atoms with Gasteiger partial charge in [0, 0.05) is 34.2 Å². The van der Waals surface area contributed by atoms with Crippen molar-refractivity contribution in [3.8, 4) is 0 Å². The number of amides is 2. The fourth-order valence-corrected chi connectivity index (χ4v) is 5.75. The van der Waals surface area contributed by atoms with Crippen LogP contribution in [0.5, 0.6) is 0 Å². The minimum atomic E-state index is -0.493. The Bertz CT molecular complexity index is 765. The normalized spacial score (nSPS) is 22.7. The first-order valence-corrected chi connectivity index (χ1v) is 13.7. The standard InChI is InChI=1S/C14H28N2O3.C14H28N2O2.H2O2/c1-12(2,3)19-11(17)15-10-8-13(4,5)16(18)14(6,7)9-10;1-12(2,3)18-11(17)15-10-8-13(4,5)16-14(6,7)9-10;1-2/h10,18H,8-9H2,1-7H3,(H,15,17);10,16H,8-9H2,1-7H3,(H,15,17);1-2H. The summed E-state index contributed by atoms with van der Waals surface area (Å²) >= 11 is 0. The maximum Gasteiger partial charge on any atom is 0.407 e. The summed E-state index contributed by atoms with van der Waals surface area (Å²) < 4.78 is 10.6. The maximum absolute atomic E-state index is 11.8. The van der Waals surface area contributed by atoms with E-state index >= 15 is 0 Å². The first kappa shape index (κ1) is 37.3. The highest BCUT2D eigenvalue weighted by Crippen LogP contribution is 2.36. The summed E-state index contributed by atoms with van der Waals surface area (Å²) in [5.41, 5.74) is -1.62. The zero-order chi connectivity index (χ0) is 31.3. The van der Waals surface area contributed by atoms with Crippen LogP contribution in [0.1, 0.15) is 123 Å². The van der Waals surface area contributed by atoms with Crippen LogP contribution in [0.15, 0.2) is 0 Å². The van der Waals surface area contributed by atoms with E-state index < -0.39 is 17.3 Å². The summed E-state index contributed by atoms with van der Waals surface area (Å²) in [6, 6.07) is 0.161. The number of nitrogens with zero attached hydrogens (tertiary/aromatic N) is 1. The molecule has 2 aliphatic rings. The van der Waals surface area contributed by atoms with E-state index in [4.69, 9.17) is 20.0 Å². The molecule has 39 heavy (non-hydrogen) atoms. The number of piperidine rings is 2. The Hall–Kier alpha value is -1.66. The lowest BCUT2D eigenvalue weighted by molar-refractivity contribution is -0.245. The highest BCUT2D eigenvalue weighted by Gasteiger charge is 2.45. The molecule has 0 bridgehead atoms. The third kappa shape index (κ3) is 14.5. The number of ether oxygens (including phenoxy) is 2. The first-order chi connectivity index (χ1) is 17.2. The summed E-state index contributed by atoms with van der Waals surface area (Å²) in [7, 11) is 0. The summed E-state index contributed by atoms with van der Waals surface area (Å²) in [5.74, 6) is 0. The average molecular weight is 563 g/mol. The van der Waals surface area contributed by atoms with E-state index in [2.05, 4.69) is 43.6 Å². The molecule has 6 N–H and O–H groups in total. The van der Waals surface area contributed by atoms with Gasteiger partial charge in [-0.25, -0.2) is 9.59 Å². The molecule has 0 aromatic rings. The molecular weight excluding hydrogens is 504 g/mol. The molecule has 0 aromatic heterocycles. The predicted molar refractivity (Wildman–Crippen MR) is 153 cm³/mol. The van der Waals surface area contributed by atoms with Crippen LogP contribution < -0.4 is 16.0 Å². The summed E-state index contributed by atoms with van der Waals surface area (Å²) in [4.78, 5) is 23.6. The number of nitrogens with one attached hydrogen (secondary N) is 3. The van der Waals surface area contributed by atoms with E-state index in [1.807, 2.05) is 69.2 Å². The molecule has 0 spiro atoms. The SMILES string of the molecule is CC(C)(C)OC(=O)NC1CC(C)(C)N(O)C(C)(C)C1.CC1(C)CC(NC(=O)OC(C)(C)C)CC(C)(C)N1.OO. The molecule has 2 saturated heterocycles. The van der Waals surface area contributed by atoms with Crippen molar-refractivity contribution < 1.29 is 34.8 Å². The van der Waals surface area contributed by atoms with Gasteiger partial charge in [0.05, 0.1) is 0 Å². The highest BCUT2D eigenvalue weighted by molar-refractivity contribution is 5.68. The van der Waals surface area contributed by atoms with Crippen molar-refractivity contribution in [1.82, 2.24) is 21.0 Å². The molecule has 11 nitrogen and oxygen atoms in total. The third-order valence-electron chi connectivity index (χ3n) is 6.27. The molecule has 232 valence electrons. The summed E-state index contributed by atoms with van der Waals surface area (Å²) in [6.45, 7) is 27.7. The zero-order valence-corrected chi connectivity index (χ0v) is 26.9. The number of hydrogen-bond acceptors (Lipinski definition) is 9. The Labute approximate surface area is 236 Å². The fourth-order valence-electron chi connectivity index (χ4n) is 5.75. The van der Waals surface area contributed by atoms with Gasteiger partial charge in [-0.1, -0.05) is 0 Å². The molecule has 2 heterocycles. The Morgan fingerprint density at radius 1 is 0.692 bits per heavy atom. The van der Waals surface area contributed by atoms with E-state index in [1.165, 1.54) is 5.06 Å². The Balaban J connectivity index is 0.000000697. The van der Waals surface area contributed by atoms with E-state index in [0.29, 0.717) is 12.8 Å². The largest absolute Gasteiger partial charge is 0.444 e. The number of alkyl carbamates (subject to hydrolysis) is 2. The first-order valence-electron chi connectivity index (χ1n) is 13.7. The summed E-state index contributed by atoms with van der Waals surface area (Å²) in [6.07, 6.45) is 2.49. The van der Waals surface area contributed by atoms with Crippen molar-refractivity contribution in [2.24, 2.45) is 0 Å². The van der Waals surface area contributed by atoms with E-state index in [1.54, 1.807) is 0 Å². The maximum atomic E-state index is 11.8. The van der Waals surface area contributed by atoms with Gasteiger partial charge in [0.1, 0.15) is 11.2 Å². The molecule has 2 fully saturated rings. The van der Waals surface area contributed by atoms with Crippen molar-refractivity contribution >= 4 is 12.2 Å². The fraction of sp³-hybridized carbons (Fsp3) is 0.929. The molecule has 11 heteroatoms. The van der Waals surface area contributed by atoms with Gasteiger partial charge in [0.2, 0.25) is 0 Å². The molecule has 2 aliphatic heterocycles. The van der Waals surface area contributed by atoms with Crippen molar-refractivity contribution in [3.63, 3.8) is 0 Å². The van der Waals surface area contributed by atoms with Crippen LogP contribution in [0.4, 0.5) is 9.59 Å². The van der Waals surface area contributed by atoms with Crippen LogP contribution in [0, 0.1) is 0 Å². The molecule has 0 atom stereocenters. The Morgan fingerprint density at radius 2 is 0.974 bits per heavy atom. The number of hydroxylamine groups is 2. The van der Waals surface area contributed by atoms with Crippen molar-refractivity contribution in [1.29, 1.82) is 0 Å². The van der Waals surface area contributed by atoms with Gasteiger partial charge in [-0.15, -0.1) is 0 Å². The van der Waals surface area contributed by atoms with E-state index in [-0.39, 0.29) is 40.3 Å². The van der Waals surface area contributed by atoms with Crippen molar-refractivity contribution in [2.75, 3.05) is 0 Å². The summed E-state index contributed by atoms with van der Waals surface area (Å²) in [5, 5.41) is 33.1. The Kier molecular flexibility index (Phi) is 12.8. The minimum Gasteiger partial charge on any atom is -0.444 e. The smallest absolute Gasteiger partial charge is 0.407 e. The highest BCUT2D eigenvalue weighted by atomic mass is 17.0. The predicted octanol–water partition coefficient (Wildman–Crippen LogP) is 5.76. The van der Waals surface area contributed by atoms with Crippen LogP contribution >= 0.6 is 0 Å². The lowest BCUT2D eigenvalue weighted by Gasteiger charge is -2.51. The van der Waals surface area contributed by atoms with Crippen LogP contribution in [0.3, 0.4) is 0 Å². The van der Waals surface area contributed by atoms with Gasteiger partial charge in [0.25, 0.3) is 0 Å². The number of carbonyl (C=O) groups excluding carboxylic acids is 2. The molecule has 0 radical (unpaired) electrons. The molecule has 0 saturated carbocycles. The monoisotopic (exact) mass is 562 g/mol. The zero-order valence-electron chi connectivity index (χ0n) is 26.9. The van der Waals surface area contributed by atoms with Gasteiger partial charge in [0.15, 0.2) is 0 Å². The van der Waals surface area contributed by atoms with Gasteiger partial charge in [-0.05, 0) is 123 Å². The lowest BCUT2D eigenvalue weighted by atomic mass is 9.79. The second kappa shape index (κ2) is 13.3. The van der Waals surface area contributed by atoms with Crippen LogP contribution in [-0.4, -0.2) is 78.4 Å². The van der Waals surface area contributed by atoms with Gasteiger partial charge < -0.3 is 30.6 Å². The molecule has 0 unspecified atom stereocenters.